The van der Waals surface area contributed by atoms with Crippen LogP contribution in [0.2, 0.25) is 0 Å². The van der Waals surface area contributed by atoms with E-state index in [0.717, 1.165) is 35.6 Å². The molecule has 0 aliphatic carbocycles. The number of hydrogen-bond acceptors (Lipinski definition) is 4. The minimum atomic E-state index is -0.965. The Balaban J connectivity index is 1.54. The zero-order chi connectivity index (χ0) is 19.8. The van der Waals surface area contributed by atoms with Gasteiger partial charge in [-0.3, -0.25) is 0 Å². The third-order valence-corrected chi connectivity index (χ3v) is 5.43. The molecule has 0 aliphatic rings. The topological polar surface area (TPSA) is 74.5 Å². The summed E-state index contributed by atoms with van der Waals surface area (Å²) < 4.78 is 1.88. The highest BCUT2D eigenvalue weighted by molar-refractivity contribution is 7.10. The number of nitrogens with one attached hydrogen (secondary N) is 2. The van der Waals surface area contributed by atoms with Crippen LogP contribution in [0.15, 0.2) is 65.2 Å². The molecule has 2 heterocycles. The maximum atomic E-state index is 10.6. The summed E-state index contributed by atoms with van der Waals surface area (Å²) in [6.07, 6.45) is 4.77. The largest absolute Gasteiger partial charge is 0.383 e. The van der Waals surface area contributed by atoms with Gasteiger partial charge in [0.2, 0.25) is 0 Å². The molecule has 0 saturated carbocycles. The molecule has 0 bridgehead atoms. The van der Waals surface area contributed by atoms with Crippen molar-refractivity contribution in [2.45, 2.75) is 25.9 Å². The quantitative estimate of drug-likeness (QED) is 0.404. The summed E-state index contributed by atoms with van der Waals surface area (Å²) >= 11 is 1.54. The minimum Gasteiger partial charge on any atom is -0.383 e. The Labute approximate surface area is 170 Å². The van der Waals surface area contributed by atoms with E-state index in [2.05, 4.69) is 20.7 Å². The van der Waals surface area contributed by atoms with Crippen LogP contribution in [0.5, 0.6) is 0 Å². The molecule has 0 aliphatic heterocycles. The molecule has 0 amide bonds. The highest BCUT2D eigenvalue weighted by Crippen LogP contribution is 2.25. The molecule has 2 aromatic heterocycles. The molecule has 3 rings (SSSR count). The molecule has 148 valence electrons. The molecule has 3 aromatic rings. The lowest BCUT2D eigenvalue weighted by Gasteiger charge is -2.20. The van der Waals surface area contributed by atoms with E-state index in [0.29, 0.717) is 12.5 Å². The first-order chi connectivity index (χ1) is 13.6. The second kappa shape index (κ2) is 9.52. The molecule has 3 N–H and O–H groups in total. The molecular formula is C21H27N5OS. The molecule has 0 saturated heterocycles. The second-order valence-corrected chi connectivity index (χ2v) is 7.70. The normalized spacial score (nSPS) is 13.9. The number of aliphatic hydroxyl groups is 1. The number of hydrogen-bond donors (Lipinski definition) is 3. The first kappa shape index (κ1) is 20.1. The summed E-state index contributed by atoms with van der Waals surface area (Å²) in [5.41, 5.74) is 1.23. The zero-order valence-electron chi connectivity index (χ0n) is 16.3. The number of aromatic nitrogens is 2. The van der Waals surface area contributed by atoms with Crippen molar-refractivity contribution in [1.29, 1.82) is 0 Å². The summed E-state index contributed by atoms with van der Waals surface area (Å²) in [6, 6.07) is 13.9. The molecule has 1 atom stereocenters. The van der Waals surface area contributed by atoms with E-state index in [4.69, 9.17) is 0 Å². The van der Waals surface area contributed by atoms with Crippen LogP contribution in [0.4, 0.5) is 0 Å². The van der Waals surface area contributed by atoms with Crippen molar-refractivity contribution in [3.8, 4) is 5.69 Å². The number of benzene rings is 1. The monoisotopic (exact) mass is 397 g/mol. The molecule has 7 heteroatoms. The number of para-hydroxylation sites is 1. The van der Waals surface area contributed by atoms with Crippen LogP contribution in [0.1, 0.15) is 24.3 Å². The van der Waals surface area contributed by atoms with E-state index >= 15 is 0 Å². The van der Waals surface area contributed by atoms with Crippen molar-refractivity contribution in [3.05, 3.63) is 70.7 Å². The Morgan fingerprint density at radius 3 is 2.75 bits per heavy atom. The third kappa shape index (κ3) is 5.43. The number of guanidine groups is 1. The van der Waals surface area contributed by atoms with E-state index in [1.807, 2.05) is 71.8 Å². The number of rotatable bonds is 8. The number of thiophene rings is 1. The first-order valence-electron chi connectivity index (χ1n) is 9.46. The molecule has 1 unspecified atom stereocenters. The summed E-state index contributed by atoms with van der Waals surface area (Å²) in [6.45, 7) is 5.61. The minimum absolute atomic E-state index is 0.300. The Morgan fingerprint density at radius 2 is 2.04 bits per heavy atom. The van der Waals surface area contributed by atoms with Crippen LogP contribution in [0, 0.1) is 0 Å². The summed E-state index contributed by atoms with van der Waals surface area (Å²) in [5.74, 6) is 0.704. The van der Waals surface area contributed by atoms with Crippen LogP contribution in [-0.4, -0.2) is 40.5 Å². The molecule has 28 heavy (non-hydrogen) atoms. The highest BCUT2D eigenvalue weighted by Gasteiger charge is 2.23. The fourth-order valence-electron chi connectivity index (χ4n) is 2.77. The van der Waals surface area contributed by atoms with Gasteiger partial charge in [0.25, 0.3) is 0 Å². The Kier molecular flexibility index (Phi) is 6.84. The van der Waals surface area contributed by atoms with Crippen LogP contribution >= 0.6 is 11.3 Å². The van der Waals surface area contributed by atoms with E-state index < -0.39 is 5.60 Å². The molecule has 1 aromatic carbocycles. The summed E-state index contributed by atoms with van der Waals surface area (Å²) in [5, 5.41) is 23.6. The highest BCUT2D eigenvalue weighted by atomic mass is 32.1. The van der Waals surface area contributed by atoms with Crippen molar-refractivity contribution in [2.24, 2.45) is 4.99 Å². The second-order valence-electron chi connectivity index (χ2n) is 6.75. The smallest absolute Gasteiger partial charge is 0.191 e. The van der Waals surface area contributed by atoms with Crippen LogP contribution in [-0.2, 0) is 12.0 Å². The van der Waals surface area contributed by atoms with Crippen LogP contribution in [0.3, 0.4) is 0 Å². The van der Waals surface area contributed by atoms with Gasteiger partial charge in [-0.2, -0.15) is 5.10 Å². The molecule has 0 fully saturated rings. The van der Waals surface area contributed by atoms with Gasteiger partial charge in [0.1, 0.15) is 5.60 Å². The van der Waals surface area contributed by atoms with Crippen LogP contribution in [0.25, 0.3) is 5.69 Å². The maximum absolute atomic E-state index is 10.6. The van der Waals surface area contributed by atoms with Crippen molar-refractivity contribution >= 4 is 17.3 Å². The van der Waals surface area contributed by atoms with Gasteiger partial charge in [0, 0.05) is 24.2 Å². The lowest BCUT2D eigenvalue weighted by molar-refractivity contribution is 0.0711. The van der Waals surface area contributed by atoms with Gasteiger partial charge in [-0.25, -0.2) is 9.67 Å². The predicted octanol–water partition coefficient (Wildman–Crippen LogP) is 2.94. The van der Waals surface area contributed by atoms with Gasteiger partial charge in [-0.05, 0) is 49.4 Å². The Morgan fingerprint density at radius 1 is 1.21 bits per heavy atom. The summed E-state index contributed by atoms with van der Waals surface area (Å²) in [7, 11) is 0. The standard InChI is InChI=1S/C21H27N5OS/c1-3-22-20(24-16-21(2,27)19-10-7-13-28-19)23-12-11-17-14-25-26(15-17)18-8-5-4-6-9-18/h4-10,13-15,27H,3,11-12,16H2,1-2H3,(H2,22,23,24). The molecule has 6 nitrogen and oxygen atoms in total. The van der Waals surface area contributed by atoms with E-state index in [-0.39, 0.29) is 0 Å². The van der Waals surface area contributed by atoms with E-state index in [1.54, 1.807) is 18.3 Å². The lowest BCUT2D eigenvalue weighted by Crippen LogP contribution is -2.39. The van der Waals surface area contributed by atoms with Crippen molar-refractivity contribution in [1.82, 2.24) is 20.4 Å². The van der Waals surface area contributed by atoms with Gasteiger partial charge in [0.05, 0.1) is 18.4 Å². The molecule has 0 radical (unpaired) electrons. The fraction of sp³-hybridized carbons (Fsp3) is 0.333. The van der Waals surface area contributed by atoms with Crippen molar-refractivity contribution in [3.63, 3.8) is 0 Å². The SMILES string of the molecule is CCNC(=NCC(C)(O)c1cccs1)NCCc1cnn(-c2ccccc2)c1. The average molecular weight is 398 g/mol. The van der Waals surface area contributed by atoms with Crippen molar-refractivity contribution < 1.29 is 5.11 Å². The van der Waals surface area contributed by atoms with Gasteiger partial charge >= 0.3 is 0 Å². The van der Waals surface area contributed by atoms with Crippen molar-refractivity contribution in [2.75, 3.05) is 19.6 Å². The molecular weight excluding hydrogens is 370 g/mol. The van der Waals surface area contributed by atoms with Gasteiger partial charge in [0.15, 0.2) is 5.96 Å². The molecule has 0 spiro atoms. The van der Waals surface area contributed by atoms with Gasteiger partial charge in [-0.1, -0.05) is 24.3 Å². The third-order valence-electron chi connectivity index (χ3n) is 4.30. The lowest BCUT2D eigenvalue weighted by atomic mass is 10.1. The number of nitrogens with zero attached hydrogens (tertiary/aromatic N) is 3. The Hall–Kier alpha value is -2.64. The van der Waals surface area contributed by atoms with Gasteiger partial charge < -0.3 is 15.7 Å². The Bertz CT molecular complexity index is 871. The fourth-order valence-corrected chi connectivity index (χ4v) is 3.55. The summed E-state index contributed by atoms with van der Waals surface area (Å²) in [4.78, 5) is 5.47. The van der Waals surface area contributed by atoms with Crippen LogP contribution < -0.4 is 10.6 Å². The zero-order valence-corrected chi connectivity index (χ0v) is 17.1. The number of aliphatic imine (C=N–C) groups is 1. The first-order valence-corrected chi connectivity index (χ1v) is 10.3. The average Bonchev–Trinajstić information content (AvgIpc) is 3.39. The predicted molar refractivity (Wildman–Crippen MR) is 115 cm³/mol. The van der Waals surface area contributed by atoms with E-state index in [1.165, 1.54) is 0 Å². The maximum Gasteiger partial charge on any atom is 0.191 e. The van der Waals surface area contributed by atoms with E-state index in [9.17, 15) is 5.11 Å². The van der Waals surface area contributed by atoms with Gasteiger partial charge in [-0.15, -0.1) is 11.3 Å².